The fourth-order valence-electron chi connectivity index (χ4n) is 4.01. The van der Waals surface area contributed by atoms with Crippen LogP contribution in [0.1, 0.15) is 39.0 Å². The summed E-state index contributed by atoms with van der Waals surface area (Å²) in [5.74, 6) is -0.0556. The van der Waals surface area contributed by atoms with Gasteiger partial charge in [0.15, 0.2) is 23.0 Å². The number of carboxylic acid groups (broad SMARTS) is 1. The topological polar surface area (TPSA) is 170 Å². The largest absolute Gasteiger partial charge is 0.493 e. The van der Waals surface area contributed by atoms with Gasteiger partial charge in [0.05, 0.1) is 57.8 Å². The first-order valence-corrected chi connectivity index (χ1v) is 13.1. The van der Waals surface area contributed by atoms with Gasteiger partial charge in [-0.3, -0.25) is 9.59 Å². The lowest BCUT2D eigenvalue weighted by Gasteiger charge is -2.12. The van der Waals surface area contributed by atoms with Gasteiger partial charge in [0.2, 0.25) is 0 Å². The second-order valence-electron chi connectivity index (χ2n) is 8.94. The monoisotopic (exact) mass is 608 g/mol. The molecule has 2 heterocycles. The Balaban J connectivity index is 0.000000241. The molecule has 4 rings (SSSR count). The molecule has 0 fully saturated rings. The van der Waals surface area contributed by atoms with Gasteiger partial charge in [-0.1, -0.05) is 0 Å². The van der Waals surface area contributed by atoms with Gasteiger partial charge in [-0.05, 0) is 57.2 Å². The molecule has 0 aliphatic heterocycles. The Bertz CT molecular complexity index is 1800. The number of hydrogen-bond donors (Lipinski definition) is 1. The first-order chi connectivity index (χ1) is 21.0. The summed E-state index contributed by atoms with van der Waals surface area (Å²) in [6.45, 7) is 5.18. The van der Waals surface area contributed by atoms with E-state index in [0.29, 0.717) is 45.8 Å². The summed E-state index contributed by atoms with van der Waals surface area (Å²) in [6, 6.07) is 12.4. The number of aryl methyl sites for hydroxylation is 2. The van der Waals surface area contributed by atoms with Crippen molar-refractivity contribution in [1.82, 2.24) is 19.6 Å². The standard InChI is InChI=1S/C16H18N2O5.C14H14N2O5/c1-5-23-16(20)12-8-10(2)17-18(15(12)19)11-6-7-13(21-3)14(9-11)22-4;1-8-6-10(14(18)19)13(17)16(15-8)9-4-5-11(20-2)12(7-9)21-3/h6-9H,5H2,1-4H3;4-7H,1-3H3,(H,18,19). The number of methoxy groups -OCH3 is 4. The molecule has 14 nitrogen and oxygen atoms in total. The van der Waals surface area contributed by atoms with Crippen LogP contribution in [0, 0.1) is 13.8 Å². The van der Waals surface area contributed by atoms with E-state index in [-0.39, 0.29) is 17.7 Å². The van der Waals surface area contributed by atoms with E-state index in [1.807, 2.05) is 0 Å². The Morgan fingerprint density at radius 3 is 1.48 bits per heavy atom. The van der Waals surface area contributed by atoms with Gasteiger partial charge in [-0.2, -0.15) is 19.6 Å². The Morgan fingerprint density at radius 2 is 1.09 bits per heavy atom. The zero-order chi connectivity index (χ0) is 32.6. The van der Waals surface area contributed by atoms with Gasteiger partial charge in [0.25, 0.3) is 11.1 Å². The summed E-state index contributed by atoms with van der Waals surface area (Å²) < 4.78 is 27.8. The van der Waals surface area contributed by atoms with E-state index < -0.39 is 23.1 Å². The van der Waals surface area contributed by atoms with Crippen LogP contribution in [0.5, 0.6) is 23.0 Å². The van der Waals surface area contributed by atoms with Crippen molar-refractivity contribution in [3.05, 3.63) is 91.8 Å². The van der Waals surface area contributed by atoms with E-state index in [1.165, 1.54) is 40.6 Å². The second kappa shape index (κ2) is 14.5. The molecular weight excluding hydrogens is 576 g/mol. The van der Waals surface area contributed by atoms with Crippen molar-refractivity contribution in [3.63, 3.8) is 0 Å². The van der Waals surface area contributed by atoms with Gasteiger partial charge >= 0.3 is 11.9 Å². The Labute approximate surface area is 252 Å². The summed E-state index contributed by atoms with van der Waals surface area (Å²) in [4.78, 5) is 47.7. The molecule has 0 unspecified atom stereocenters. The van der Waals surface area contributed by atoms with Crippen molar-refractivity contribution in [1.29, 1.82) is 0 Å². The number of hydrogen-bond acceptors (Lipinski definition) is 11. The van der Waals surface area contributed by atoms with Crippen molar-refractivity contribution in [2.24, 2.45) is 0 Å². The molecule has 44 heavy (non-hydrogen) atoms. The van der Waals surface area contributed by atoms with Crippen LogP contribution < -0.4 is 30.1 Å². The Hall–Kier alpha value is -5.66. The van der Waals surface area contributed by atoms with Gasteiger partial charge in [-0.15, -0.1) is 0 Å². The van der Waals surface area contributed by atoms with Crippen LogP contribution in [-0.4, -0.2) is 71.7 Å². The average molecular weight is 609 g/mol. The number of ether oxygens (including phenoxy) is 5. The maximum absolute atomic E-state index is 12.5. The summed E-state index contributed by atoms with van der Waals surface area (Å²) in [6.07, 6.45) is 0. The van der Waals surface area contributed by atoms with E-state index in [2.05, 4.69) is 10.2 Å². The molecule has 4 aromatic rings. The predicted octanol–water partition coefficient (Wildman–Crippen LogP) is 2.99. The Kier molecular flexibility index (Phi) is 10.8. The highest BCUT2D eigenvalue weighted by atomic mass is 16.5. The van der Waals surface area contributed by atoms with Crippen LogP contribution >= 0.6 is 0 Å². The van der Waals surface area contributed by atoms with Gasteiger partial charge in [0.1, 0.15) is 11.1 Å². The quantitative estimate of drug-likeness (QED) is 0.276. The second-order valence-corrected chi connectivity index (χ2v) is 8.94. The fraction of sp³-hybridized carbons (Fsp3) is 0.267. The highest BCUT2D eigenvalue weighted by molar-refractivity contribution is 5.89. The molecule has 0 aliphatic rings. The molecule has 0 aliphatic carbocycles. The maximum atomic E-state index is 12.5. The molecule has 0 atom stereocenters. The maximum Gasteiger partial charge on any atom is 0.343 e. The molecule has 1 N–H and O–H groups in total. The van der Waals surface area contributed by atoms with Crippen molar-refractivity contribution >= 4 is 11.9 Å². The third-order valence-corrected chi connectivity index (χ3v) is 6.02. The van der Waals surface area contributed by atoms with E-state index in [1.54, 1.807) is 57.2 Å². The summed E-state index contributed by atoms with van der Waals surface area (Å²) >= 11 is 0. The van der Waals surface area contributed by atoms with Gasteiger partial charge in [-0.25, -0.2) is 9.59 Å². The van der Waals surface area contributed by atoms with Crippen molar-refractivity contribution in [2.45, 2.75) is 20.8 Å². The van der Waals surface area contributed by atoms with Crippen LogP contribution in [0.25, 0.3) is 11.4 Å². The van der Waals surface area contributed by atoms with Crippen LogP contribution in [0.2, 0.25) is 0 Å². The zero-order valence-corrected chi connectivity index (χ0v) is 25.2. The smallest absolute Gasteiger partial charge is 0.343 e. The normalized spacial score (nSPS) is 10.2. The number of rotatable bonds is 9. The highest BCUT2D eigenvalue weighted by Gasteiger charge is 2.18. The minimum Gasteiger partial charge on any atom is -0.493 e. The SMILES string of the molecule is CCOC(=O)c1cc(C)nn(-c2ccc(OC)c(OC)c2)c1=O.COc1ccc(-n2nc(C)cc(C(=O)O)c2=O)cc1OC. The summed E-state index contributed by atoms with van der Waals surface area (Å²) in [5.41, 5.74) is 0.128. The summed E-state index contributed by atoms with van der Waals surface area (Å²) in [5, 5.41) is 17.3. The number of benzene rings is 2. The van der Waals surface area contributed by atoms with Gasteiger partial charge < -0.3 is 28.8 Å². The van der Waals surface area contributed by atoms with Crippen molar-refractivity contribution in [2.75, 3.05) is 35.0 Å². The van der Waals surface area contributed by atoms with Crippen molar-refractivity contribution < 1.29 is 38.4 Å². The van der Waals surface area contributed by atoms with Crippen molar-refractivity contribution in [3.8, 4) is 34.4 Å². The molecule has 0 saturated carbocycles. The minimum atomic E-state index is -1.29. The molecule has 0 amide bonds. The van der Waals surface area contributed by atoms with Crippen LogP contribution in [0.3, 0.4) is 0 Å². The third kappa shape index (κ3) is 7.21. The lowest BCUT2D eigenvalue weighted by Crippen LogP contribution is -2.29. The zero-order valence-electron chi connectivity index (χ0n) is 25.2. The highest BCUT2D eigenvalue weighted by Crippen LogP contribution is 2.29. The lowest BCUT2D eigenvalue weighted by molar-refractivity contribution is 0.0522. The molecule has 0 saturated heterocycles. The number of carbonyl (C=O) groups excluding carboxylic acids is 1. The minimum absolute atomic E-state index is 0.0610. The number of carboxylic acids is 1. The number of carbonyl (C=O) groups is 2. The lowest BCUT2D eigenvalue weighted by atomic mass is 10.2. The molecule has 2 aromatic heterocycles. The average Bonchev–Trinajstić information content (AvgIpc) is 3.02. The van der Waals surface area contributed by atoms with E-state index in [9.17, 15) is 19.2 Å². The first kappa shape index (κ1) is 32.8. The number of esters is 1. The van der Waals surface area contributed by atoms with Crippen LogP contribution in [0.4, 0.5) is 0 Å². The third-order valence-electron chi connectivity index (χ3n) is 6.02. The van der Waals surface area contributed by atoms with E-state index in [4.69, 9.17) is 28.8 Å². The number of nitrogens with zero attached hydrogens (tertiary/aromatic N) is 4. The van der Waals surface area contributed by atoms with Crippen LogP contribution in [0.15, 0.2) is 58.1 Å². The summed E-state index contributed by atoms with van der Waals surface area (Å²) in [7, 11) is 5.99. The van der Waals surface area contributed by atoms with E-state index >= 15 is 0 Å². The number of aromatic nitrogens is 4. The molecular formula is C30H32N4O10. The molecule has 0 bridgehead atoms. The molecule has 0 spiro atoms. The predicted molar refractivity (Wildman–Crippen MR) is 158 cm³/mol. The number of aromatic carboxylic acids is 1. The molecule has 0 radical (unpaired) electrons. The first-order valence-electron chi connectivity index (χ1n) is 13.1. The molecule has 14 heteroatoms. The Morgan fingerprint density at radius 1 is 0.682 bits per heavy atom. The fourth-order valence-corrected chi connectivity index (χ4v) is 4.01. The van der Waals surface area contributed by atoms with E-state index in [0.717, 1.165) is 9.36 Å². The molecule has 232 valence electrons. The molecule has 2 aromatic carbocycles. The van der Waals surface area contributed by atoms with Crippen LogP contribution in [-0.2, 0) is 4.74 Å². The van der Waals surface area contributed by atoms with Gasteiger partial charge in [0, 0.05) is 12.1 Å².